The summed E-state index contributed by atoms with van der Waals surface area (Å²) in [7, 11) is 0. The third kappa shape index (κ3) is 4.01. The highest BCUT2D eigenvalue weighted by atomic mass is 32.2. The Hall–Kier alpha value is -2.18. The van der Waals surface area contributed by atoms with Gasteiger partial charge in [0.1, 0.15) is 0 Å². The van der Waals surface area contributed by atoms with Crippen molar-refractivity contribution in [2.75, 3.05) is 5.32 Å². The number of hydrogen-bond donors (Lipinski definition) is 1. The molecule has 2 aromatic carbocycles. The maximum Gasteiger partial charge on any atom is 0.288 e. The summed E-state index contributed by atoms with van der Waals surface area (Å²) >= 11 is 2.06. The first-order valence-electron chi connectivity index (χ1n) is 7.12. The van der Waals surface area contributed by atoms with E-state index in [1.54, 1.807) is 23.5 Å². The topological polar surface area (TPSA) is 29.1 Å². The number of thiophene rings is 1. The lowest BCUT2D eigenvalue weighted by Crippen LogP contribution is -2.12. The van der Waals surface area contributed by atoms with Gasteiger partial charge < -0.3 is 5.32 Å². The molecule has 3 aromatic rings. The molecule has 1 amide bonds. The van der Waals surface area contributed by atoms with Gasteiger partial charge in [0.25, 0.3) is 11.7 Å². The van der Waals surface area contributed by atoms with Crippen molar-refractivity contribution in [1.82, 2.24) is 0 Å². The van der Waals surface area contributed by atoms with E-state index in [2.05, 4.69) is 5.32 Å². The van der Waals surface area contributed by atoms with Crippen molar-refractivity contribution in [2.24, 2.45) is 0 Å². The van der Waals surface area contributed by atoms with Gasteiger partial charge in [-0.15, -0.1) is 11.3 Å². The summed E-state index contributed by atoms with van der Waals surface area (Å²) in [6.07, 6.45) is 0. The number of thioether (sulfide) groups is 1. The van der Waals surface area contributed by atoms with Crippen molar-refractivity contribution in [1.29, 1.82) is 0 Å². The summed E-state index contributed by atoms with van der Waals surface area (Å²) in [5.41, 5.74) is 2.09. The van der Waals surface area contributed by atoms with E-state index in [4.69, 9.17) is 0 Å². The third-order valence-electron chi connectivity index (χ3n) is 3.30. The van der Waals surface area contributed by atoms with Crippen molar-refractivity contribution in [3.63, 3.8) is 0 Å². The van der Waals surface area contributed by atoms with Crippen LogP contribution in [0.1, 0.15) is 10.4 Å². The molecule has 0 unspecified atom stereocenters. The molecule has 122 valence electrons. The minimum absolute atomic E-state index is 0.271. The third-order valence-corrected chi connectivity index (χ3v) is 4.93. The monoisotopic (exact) mass is 361 g/mol. The number of para-hydroxylation sites is 1. The molecule has 0 saturated carbocycles. The Balaban J connectivity index is 1.78. The SMILES string of the molecule is O=C(Nc1ccccc1-c1cccs1)c1ccc(SC(F)F)cc1. The van der Waals surface area contributed by atoms with Crippen LogP contribution >= 0.6 is 23.1 Å². The van der Waals surface area contributed by atoms with E-state index < -0.39 is 5.76 Å². The molecule has 0 saturated heterocycles. The predicted molar refractivity (Wildman–Crippen MR) is 96.0 cm³/mol. The first-order valence-corrected chi connectivity index (χ1v) is 8.88. The van der Waals surface area contributed by atoms with Crippen molar-refractivity contribution < 1.29 is 13.6 Å². The second-order valence-corrected chi connectivity index (χ2v) is 6.89. The Morgan fingerprint density at radius 2 is 1.75 bits per heavy atom. The van der Waals surface area contributed by atoms with Crippen molar-refractivity contribution in [3.8, 4) is 10.4 Å². The quantitative estimate of drug-likeness (QED) is 0.566. The predicted octanol–water partition coefficient (Wildman–Crippen LogP) is 5.98. The Bertz CT molecular complexity index is 817. The lowest BCUT2D eigenvalue weighted by Gasteiger charge is -2.10. The number of carbonyl (C=O) groups is 1. The molecule has 24 heavy (non-hydrogen) atoms. The molecule has 2 nitrogen and oxygen atoms in total. The normalized spacial score (nSPS) is 10.8. The van der Waals surface area contributed by atoms with E-state index in [1.807, 2.05) is 41.8 Å². The molecule has 0 atom stereocenters. The summed E-state index contributed by atoms with van der Waals surface area (Å²) in [6, 6.07) is 17.7. The molecule has 1 N–H and O–H groups in total. The summed E-state index contributed by atoms with van der Waals surface area (Å²) in [5.74, 6) is -2.74. The van der Waals surface area contributed by atoms with Gasteiger partial charge in [0.05, 0.1) is 0 Å². The average Bonchev–Trinajstić information content (AvgIpc) is 3.10. The van der Waals surface area contributed by atoms with Crippen LogP contribution in [0.5, 0.6) is 0 Å². The number of alkyl halides is 2. The van der Waals surface area contributed by atoms with Crippen molar-refractivity contribution >= 4 is 34.7 Å². The van der Waals surface area contributed by atoms with Gasteiger partial charge in [-0.2, -0.15) is 8.78 Å². The van der Waals surface area contributed by atoms with Gasteiger partial charge in [0.15, 0.2) is 0 Å². The Labute approximate surface area is 146 Å². The lowest BCUT2D eigenvalue weighted by atomic mass is 10.1. The molecule has 0 aliphatic heterocycles. The first kappa shape index (κ1) is 16.7. The van der Waals surface area contributed by atoms with Crippen molar-refractivity contribution in [2.45, 2.75) is 10.7 Å². The highest BCUT2D eigenvalue weighted by Crippen LogP contribution is 2.31. The van der Waals surface area contributed by atoms with E-state index in [9.17, 15) is 13.6 Å². The van der Waals surface area contributed by atoms with Gasteiger partial charge in [0.2, 0.25) is 0 Å². The number of amides is 1. The van der Waals surface area contributed by atoms with Gasteiger partial charge in [0, 0.05) is 26.6 Å². The maximum atomic E-state index is 12.4. The van der Waals surface area contributed by atoms with Gasteiger partial charge in [-0.25, -0.2) is 0 Å². The van der Waals surface area contributed by atoms with Crippen LogP contribution in [0, 0.1) is 0 Å². The number of halogens is 2. The second-order valence-electron chi connectivity index (χ2n) is 4.88. The van der Waals surface area contributed by atoms with E-state index in [-0.39, 0.29) is 5.91 Å². The van der Waals surface area contributed by atoms with Crippen molar-refractivity contribution in [3.05, 3.63) is 71.6 Å². The minimum atomic E-state index is -2.47. The summed E-state index contributed by atoms with van der Waals surface area (Å²) in [4.78, 5) is 13.9. The number of nitrogens with one attached hydrogen (secondary N) is 1. The summed E-state index contributed by atoms with van der Waals surface area (Å²) < 4.78 is 24.7. The van der Waals surface area contributed by atoms with Crippen LogP contribution < -0.4 is 5.32 Å². The van der Waals surface area contributed by atoms with Crippen LogP contribution in [0.25, 0.3) is 10.4 Å². The lowest BCUT2D eigenvalue weighted by molar-refractivity contribution is 0.102. The van der Waals surface area contributed by atoms with Crippen LogP contribution in [-0.2, 0) is 0 Å². The summed E-state index contributed by atoms with van der Waals surface area (Å²) in [6.45, 7) is 0. The molecular formula is C18H13F2NOS2. The molecule has 0 radical (unpaired) electrons. The molecule has 0 aliphatic carbocycles. The average molecular weight is 361 g/mol. The highest BCUT2D eigenvalue weighted by Gasteiger charge is 2.11. The Morgan fingerprint density at radius 3 is 2.42 bits per heavy atom. The highest BCUT2D eigenvalue weighted by molar-refractivity contribution is 7.99. The number of anilines is 1. The fraction of sp³-hybridized carbons (Fsp3) is 0.0556. The molecule has 0 bridgehead atoms. The van der Waals surface area contributed by atoms with Gasteiger partial charge in [-0.3, -0.25) is 4.79 Å². The number of carbonyl (C=O) groups excluding carboxylic acids is 1. The smallest absolute Gasteiger partial charge is 0.288 e. The summed E-state index contributed by atoms with van der Waals surface area (Å²) in [5, 5.41) is 4.87. The molecule has 1 heterocycles. The number of benzene rings is 2. The van der Waals surface area contributed by atoms with Gasteiger partial charge in [-0.1, -0.05) is 36.0 Å². The zero-order valence-corrected chi connectivity index (χ0v) is 14.0. The molecule has 1 aromatic heterocycles. The van der Waals surface area contributed by atoms with Crippen LogP contribution in [0.15, 0.2) is 70.9 Å². The van der Waals surface area contributed by atoms with Gasteiger partial charge in [-0.05, 0) is 41.8 Å². The zero-order valence-electron chi connectivity index (χ0n) is 12.4. The molecule has 3 rings (SSSR count). The minimum Gasteiger partial charge on any atom is -0.321 e. The van der Waals surface area contributed by atoms with Crippen LogP contribution in [0.3, 0.4) is 0 Å². The first-order chi connectivity index (χ1) is 11.6. The largest absolute Gasteiger partial charge is 0.321 e. The Kier molecular flexibility index (Phi) is 5.27. The van der Waals surface area contributed by atoms with E-state index in [0.29, 0.717) is 22.2 Å². The van der Waals surface area contributed by atoms with E-state index in [1.165, 1.54) is 12.1 Å². The molecule has 6 heteroatoms. The standard InChI is InChI=1S/C18H13F2NOS2/c19-18(20)24-13-9-7-12(8-10-13)17(22)21-15-5-2-1-4-14(15)16-6-3-11-23-16/h1-11,18H,(H,21,22). The number of rotatable bonds is 5. The van der Waals surface area contributed by atoms with E-state index in [0.717, 1.165) is 16.1 Å². The van der Waals surface area contributed by atoms with Crippen LogP contribution in [0.4, 0.5) is 14.5 Å². The van der Waals surface area contributed by atoms with Gasteiger partial charge >= 0.3 is 0 Å². The molecular weight excluding hydrogens is 348 g/mol. The molecule has 0 fully saturated rings. The van der Waals surface area contributed by atoms with Crippen LogP contribution in [0.2, 0.25) is 0 Å². The molecule has 0 spiro atoms. The fourth-order valence-corrected chi connectivity index (χ4v) is 3.49. The van der Waals surface area contributed by atoms with Crippen LogP contribution in [-0.4, -0.2) is 11.7 Å². The maximum absolute atomic E-state index is 12.4. The second kappa shape index (κ2) is 7.59. The molecule has 0 aliphatic rings. The fourth-order valence-electron chi connectivity index (χ4n) is 2.22. The zero-order chi connectivity index (χ0) is 16.9. The Morgan fingerprint density at radius 1 is 1.00 bits per heavy atom. The number of hydrogen-bond acceptors (Lipinski definition) is 3. The van der Waals surface area contributed by atoms with E-state index >= 15 is 0 Å².